The molecule has 2 aromatic rings. The summed E-state index contributed by atoms with van der Waals surface area (Å²) in [5.41, 5.74) is 8.12. The van der Waals surface area contributed by atoms with E-state index in [0.29, 0.717) is 0 Å². The number of nitrogens with two attached hydrogens (primary N) is 1. The van der Waals surface area contributed by atoms with Crippen LogP contribution in [0.25, 0.3) is 0 Å². The molecular weight excluding hydrogens is 250 g/mol. The number of guanidine groups is 2. The van der Waals surface area contributed by atoms with E-state index in [4.69, 9.17) is 16.6 Å². The molecule has 0 saturated carbocycles. The number of para-hydroxylation sites is 1. The van der Waals surface area contributed by atoms with Crippen molar-refractivity contribution in [2.24, 2.45) is 5.73 Å². The van der Waals surface area contributed by atoms with Crippen LogP contribution in [0.2, 0.25) is 0 Å². The third-order valence-corrected chi connectivity index (χ3v) is 2.78. The van der Waals surface area contributed by atoms with Crippen LogP contribution in [0, 0.1) is 17.7 Å². The quantitative estimate of drug-likeness (QED) is 0.498. The molecule has 0 atom stereocenters. The van der Waals surface area contributed by atoms with Crippen LogP contribution in [0.1, 0.15) is 5.56 Å². The summed E-state index contributed by atoms with van der Waals surface area (Å²) < 4.78 is 0. The second kappa shape index (κ2) is 5.88. The lowest BCUT2D eigenvalue weighted by molar-refractivity contribution is 1.14. The molecule has 5 N–H and O–H groups in total. The summed E-state index contributed by atoms with van der Waals surface area (Å²) in [6.07, 6.45) is 0. The van der Waals surface area contributed by atoms with E-state index in [1.165, 1.54) is 0 Å². The van der Waals surface area contributed by atoms with Crippen LogP contribution in [0.3, 0.4) is 0 Å². The second-order valence-electron chi connectivity index (χ2n) is 4.39. The first kappa shape index (κ1) is 13.6. The molecule has 0 aliphatic carbocycles. The van der Waals surface area contributed by atoms with Crippen LogP contribution in [0.5, 0.6) is 0 Å². The molecule has 0 spiro atoms. The monoisotopic (exact) mass is 267 g/mol. The molecule has 102 valence electrons. The zero-order valence-electron chi connectivity index (χ0n) is 11.2. The summed E-state index contributed by atoms with van der Waals surface area (Å²) in [5, 5.41) is 17.9. The van der Waals surface area contributed by atoms with Crippen molar-refractivity contribution in [1.29, 1.82) is 10.8 Å². The number of nitrogens with one attached hydrogen (secondary N) is 3. The summed E-state index contributed by atoms with van der Waals surface area (Å²) in [5.74, 6) is -0.226. The van der Waals surface area contributed by atoms with Crippen LogP contribution in [0.4, 0.5) is 11.4 Å². The normalized spacial score (nSPS) is 9.85. The van der Waals surface area contributed by atoms with Gasteiger partial charge in [-0.1, -0.05) is 35.9 Å². The van der Waals surface area contributed by atoms with Crippen molar-refractivity contribution in [3.05, 3.63) is 60.2 Å². The molecule has 0 aliphatic rings. The fraction of sp³-hybridized carbons (Fsp3) is 0.0667. The summed E-state index contributed by atoms with van der Waals surface area (Å²) in [7, 11) is 0. The van der Waals surface area contributed by atoms with Gasteiger partial charge in [-0.3, -0.25) is 21.0 Å². The van der Waals surface area contributed by atoms with E-state index >= 15 is 0 Å². The average molecular weight is 267 g/mol. The van der Waals surface area contributed by atoms with E-state index in [2.05, 4.69) is 5.32 Å². The standard InChI is InChI=1S/C15H17N5/c1-11-7-9-13(10-8-11)20(15(18)19-14(16)17)12-5-3-2-4-6-12/h2-10H,1H3,(H5,16,17,18,19). The molecule has 5 heteroatoms. The molecule has 0 radical (unpaired) electrons. The number of hydrogen-bond donors (Lipinski definition) is 4. The Morgan fingerprint density at radius 2 is 1.50 bits per heavy atom. The SMILES string of the molecule is Cc1ccc(N(C(=N)NC(=N)N)c2ccccc2)cc1. The van der Waals surface area contributed by atoms with Gasteiger partial charge in [-0.25, -0.2) is 0 Å². The molecule has 0 heterocycles. The Balaban J connectivity index is 2.41. The van der Waals surface area contributed by atoms with Gasteiger partial charge in [0.25, 0.3) is 0 Å². The van der Waals surface area contributed by atoms with Gasteiger partial charge in [0.05, 0.1) is 0 Å². The van der Waals surface area contributed by atoms with Crippen LogP contribution in [-0.4, -0.2) is 11.9 Å². The predicted octanol–water partition coefficient (Wildman–Crippen LogP) is 2.55. The summed E-state index contributed by atoms with van der Waals surface area (Å²) in [4.78, 5) is 1.70. The molecule has 2 aromatic carbocycles. The minimum Gasteiger partial charge on any atom is -0.370 e. The van der Waals surface area contributed by atoms with Crippen molar-refractivity contribution in [3.8, 4) is 0 Å². The zero-order chi connectivity index (χ0) is 14.5. The van der Waals surface area contributed by atoms with Gasteiger partial charge in [0.2, 0.25) is 5.96 Å². The third kappa shape index (κ3) is 3.14. The summed E-state index contributed by atoms with van der Waals surface area (Å²) in [6, 6.07) is 17.3. The minimum absolute atomic E-state index is 0.0348. The lowest BCUT2D eigenvalue weighted by atomic mass is 10.2. The van der Waals surface area contributed by atoms with Crippen molar-refractivity contribution < 1.29 is 0 Å². The van der Waals surface area contributed by atoms with Gasteiger partial charge in [0, 0.05) is 11.4 Å². The van der Waals surface area contributed by atoms with Crippen molar-refractivity contribution in [2.45, 2.75) is 6.92 Å². The fourth-order valence-corrected chi connectivity index (χ4v) is 1.86. The Labute approximate surface area is 118 Å². The second-order valence-corrected chi connectivity index (χ2v) is 4.39. The van der Waals surface area contributed by atoms with Crippen molar-refractivity contribution in [1.82, 2.24) is 5.32 Å². The van der Waals surface area contributed by atoms with Crippen molar-refractivity contribution in [2.75, 3.05) is 4.90 Å². The van der Waals surface area contributed by atoms with E-state index < -0.39 is 0 Å². The number of hydrogen-bond acceptors (Lipinski definition) is 2. The van der Waals surface area contributed by atoms with E-state index in [1.54, 1.807) is 4.90 Å². The Bertz CT molecular complexity index is 604. The van der Waals surface area contributed by atoms with Crippen molar-refractivity contribution in [3.63, 3.8) is 0 Å². The summed E-state index contributed by atoms with van der Waals surface area (Å²) in [6.45, 7) is 2.01. The van der Waals surface area contributed by atoms with E-state index in [0.717, 1.165) is 16.9 Å². The molecular formula is C15H17N5. The van der Waals surface area contributed by atoms with Gasteiger partial charge in [0.1, 0.15) is 0 Å². The highest BCUT2D eigenvalue weighted by molar-refractivity contribution is 6.08. The van der Waals surface area contributed by atoms with Crippen LogP contribution < -0.4 is 16.0 Å². The Morgan fingerprint density at radius 1 is 0.950 bits per heavy atom. The highest BCUT2D eigenvalue weighted by Crippen LogP contribution is 2.25. The fourth-order valence-electron chi connectivity index (χ4n) is 1.86. The first-order valence-electron chi connectivity index (χ1n) is 6.19. The maximum atomic E-state index is 8.10. The van der Waals surface area contributed by atoms with Crippen molar-refractivity contribution >= 4 is 23.3 Å². The molecule has 0 unspecified atom stereocenters. The molecule has 2 rings (SSSR count). The topological polar surface area (TPSA) is 89.0 Å². The maximum absolute atomic E-state index is 8.10. The summed E-state index contributed by atoms with van der Waals surface area (Å²) >= 11 is 0. The molecule has 0 aliphatic heterocycles. The highest BCUT2D eigenvalue weighted by atomic mass is 15.3. The smallest absolute Gasteiger partial charge is 0.207 e. The number of nitrogens with zero attached hydrogens (tertiary/aromatic N) is 1. The van der Waals surface area contributed by atoms with E-state index in [1.807, 2.05) is 61.5 Å². The van der Waals surface area contributed by atoms with Crippen LogP contribution in [0.15, 0.2) is 54.6 Å². The molecule has 0 aromatic heterocycles. The van der Waals surface area contributed by atoms with Crippen LogP contribution >= 0.6 is 0 Å². The molecule has 0 saturated heterocycles. The maximum Gasteiger partial charge on any atom is 0.207 e. The van der Waals surface area contributed by atoms with Crippen LogP contribution in [-0.2, 0) is 0 Å². The van der Waals surface area contributed by atoms with Gasteiger partial charge in [0.15, 0.2) is 5.96 Å². The molecule has 0 amide bonds. The molecule has 20 heavy (non-hydrogen) atoms. The molecule has 0 fully saturated rings. The number of anilines is 2. The van der Waals surface area contributed by atoms with Gasteiger partial charge in [-0.15, -0.1) is 0 Å². The first-order chi connectivity index (χ1) is 9.58. The van der Waals surface area contributed by atoms with Gasteiger partial charge >= 0.3 is 0 Å². The number of aryl methyl sites for hydroxylation is 1. The van der Waals surface area contributed by atoms with E-state index in [9.17, 15) is 0 Å². The van der Waals surface area contributed by atoms with Gasteiger partial charge in [-0.2, -0.15) is 0 Å². The lowest BCUT2D eigenvalue weighted by Gasteiger charge is -2.25. The van der Waals surface area contributed by atoms with Gasteiger partial charge in [-0.05, 0) is 31.2 Å². The van der Waals surface area contributed by atoms with E-state index in [-0.39, 0.29) is 11.9 Å². The number of benzene rings is 2. The minimum atomic E-state index is -0.261. The number of rotatable bonds is 2. The lowest BCUT2D eigenvalue weighted by Crippen LogP contribution is -2.44. The Kier molecular flexibility index (Phi) is 4.00. The Hall–Kier alpha value is -2.82. The predicted molar refractivity (Wildman–Crippen MR) is 82.5 cm³/mol. The Morgan fingerprint density at radius 3 is 2.05 bits per heavy atom. The average Bonchev–Trinajstić information content (AvgIpc) is 2.42. The highest BCUT2D eigenvalue weighted by Gasteiger charge is 2.14. The largest absolute Gasteiger partial charge is 0.370 e. The molecule has 5 nitrogen and oxygen atoms in total. The zero-order valence-corrected chi connectivity index (χ0v) is 11.2. The van der Waals surface area contributed by atoms with Gasteiger partial charge < -0.3 is 5.73 Å². The third-order valence-electron chi connectivity index (χ3n) is 2.78. The molecule has 0 bridgehead atoms. The first-order valence-corrected chi connectivity index (χ1v) is 6.19.